The van der Waals surface area contributed by atoms with Crippen molar-refractivity contribution >= 4 is 17.1 Å². The molecule has 2 heterocycles. The lowest BCUT2D eigenvalue weighted by atomic mass is 9.71. The van der Waals surface area contributed by atoms with Crippen LogP contribution in [0.4, 0.5) is 0 Å². The Hall–Kier alpha value is 0.114. The van der Waals surface area contributed by atoms with Gasteiger partial charge in [-0.15, -0.1) is 0 Å². The molecule has 10 heteroatoms. The summed E-state index contributed by atoms with van der Waals surface area (Å²) >= 11 is 0. The molecule has 0 aromatic rings. The van der Waals surface area contributed by atoms with Gasteiger partial charge < -0.3 is 0 Å². The first-order chi connectivity index (χ1) is 15.7. The predicted octanol–water partition coefficient (Wildman–Crippen LogP) is 6.82. The van der Waals surface area contributed by atoms with Gasteiger partial charge in [-0.2, -0.15) is 0 Å². The first-order valence-electron chi connectivity index (χ1n) is 13.1. The first kappa shape index (κ1) is 27.2. The van der Waals surface area contributed by atoms with Gasteiger partial charge in [-0.3, -0.25) is 0 Å². The molecular formula is C24H46O8Si2. The molecule has 2 saturated heterocycles. The van der Waals surface area contributed by atoms with Gasteiger partial charge in [-0.25, -0.2) is 37.9 Å². The van der Waals surface area contributed by atoms with Gasteiger partial charge in [-0.05, 0) is 73.5 Å². The van der Waals surface area contributed by atoms with E-state index in [1.807, 2.05) is 13.1 Å². The summed E-state index contributed by atoms with van der Waals surface area (Å²) in [6.45, 7) is 17.6. The van der Waals surface area contributed by atoms with Crippen molar-refractivity contribution in [2.75, 3.05) is 0 Å². The second-order valence-corrected chi connectivity index (χ2v) is 19.7. The molecule has 0 radical (unpaired) electrons. The van der Waals surface area contributed by atoms with Gasteiger partial charge in [0.15, 0.2) is 0 Å². The van der Waals surface area contributed by atoms with Gasteiger partial charge in [0.25, 0.3) is 0 Å². The fourth-order valence-corrected chi connectivity index (χ4v) is 10.8. The molecule has 198 valence electrons. The van der Waals surface area contributed by atoms with E-state index in [2.05, 4.69) is 41.5 Å². The van der Waals surface area contributed by atoms with Crippen molar-refractivity contribution in [3.05, 3.63) is 0 Å². The Labute approximate surface area is 207 Å². The van der Waals surface area contributed by atoms with E-state index in [-0.39, 0.29) is 10.8 Å². The highest BCUT2D eigenvalue weighted by molar-refractivity contribution is 6.71. The first-order valence-corrected chi connectivity index (χ1v) is 18.2. The summed E-state index contributed by atoms with van der Waals surface area (Å²) in [6, 6.07) is 1.20. The maximum absolute atomic E-state index is 5.89. The Morgan fingerprint density at radius 1 is 0.559 bits per heavy atom. The van der Waals surface area contributed by atoms with Crippen molar-refractivity contribution in [2.45, 2.75) is 130 Å². The average Bonchev–Trinajstić information content (AvgIpc) is 2.77. The molecule has 2 saturated carbocycles. The van der Waals surface area contributed by atoms with Crippen molar-refractivity contribution in [1.29, 1.82) is 0 Å². The van der Waals surface area contributed by atoms with Gasteiger partial charge in [-0.1, -0.05) is 41.5 Å². The molecule has 4 rings (SSSR count). The minimum Gasteiger partial charge on any atom is -0.246 e. The second kappa shape index (κ2) is 9.45. The molecule has 4 fully saturated rings. The summed E-state index contributed by atoms with van der Waals surface area (Å²) in [5.41, 5.74) is 0.575. The molecule has 0 atom stereocenters. The molecule has 8 nitrogen and oxygen atoms in total. The number of hydrogen-bond acceptors (Lipinski definition) is 8. The van der Waals surface area contributed by atoms with Gasteiger partial charge in [0.05, 0.1) is 0 Å². The van der Waals surface area contributed by atoms with Crippen LogP contribution in [0.2, 0.25) is 25.2 Å². The Kier molecular flexibility index (Phi) is 7.55. The molecule has 0 aromatic carbocycles. The molecule has 0 aromatic heterocycles. The normalized spacial score (nSPS) is 44.5. The minimum atomic E-state index is -2.69. The van der Waals surface area contributed by atoms with E-state index in [0.29, 0.717) is 23.9 Å². The third kappa shape index (κ3) is 6.15. The van der Waals surface area contributed by atoms with Crippen LogP contribution in [-0.2, 0) is 37.9 Å². The summed E-state index contributed by atoms with van der Waals surface area (Å²) in [7, 11) is -5.38. The molecule has 2 spiro atoms. The summed E-state index contributed by atoms with van der Waals surface area (Å²) in [5, 5.41) is 0. The Balaban J connectivity index is 1.22. The van der Waals surface area contributed by atoms with Crippen molar-refractivity contribution in [2.24, 2.45) is 22.7 Å². The molecule has 2 aliphatic carbocycles. The largest absolute Gasteiger partial charge is 0.407 e. The fraction of sp³-hybridized carbons (Fsp3) is 1.00. The fourth-order valence-electron chi connectivity index (χ4n) is 5.51. The summed E-state index contributed by atoms with van der Waals surface area (Å²) < 4.78 is 23.6. The Bertz CT molecular complexity index is 623. The lowest BCUT2D eigenvalue weighted by molar-refractivity contribution is -0.523. The zero-order valence-corrected chi connectivity index (χ0v) is 24.5. The molecule has 0 unspecified atom stereocenters. The van der Waals surface area contributed by atoms with Crippen LogP contribution < -0.4 is 0 Å². The maximum Gasteiger partial charge on any atom is 0.407 e. The minimum absolute atomic E-state index is 0.288. The van der Waals surface area contributed by atoms with Crippen LogP contribution in [0.25, 0.3) is 0 Å². The van der Waals surface area contributed by atoms with Gasteiger partial charge in [0, 0.05) is 25.7 Å². The predicted molar refractivity (Wildman–Crippen MR) is 130 cm³/mol. The van der Waals surface area contributed by atoms with E-state index in [4.69, 9.17) is 37.9 Å². The van der Waals surface area contributed by atoms with Crippen LogP contribution in [0.3, 0.4) is 0 Å². The molecular weight excluding hydrogens is 472 g/mol. The highest BCUT2D eigenvalue weighted by Gasteiger charge is 2.55. The molecule has 0 N–H and O–H groups in total. The van der Waals surface area contributed by atoms with Gasteiger partial charge >= 0.3 is 17.1 Å². The van der Waals surface area contributed by atoms with E-state index in [0.717, 1.165) is 51.4 Å². The summed E-state index contributed by atoms with van der Waals surface area (Å²) in [6.07, 6.45) is 7.25. The van der Waals surface area contributed by atoms with Crippen LogP contribution in [0.1, 0.15) is 92.9 Å². The molecule has 2 aliphatic heterocycles. The highest BCUT2D eigenvalue weighted by Crippen LogP contribution is 2.48. The quantitative estimate of drug-likeness (QED) is 0.298. The zero-order valence-electron chi connectivity index (χ0n) is 22.5. The Morgan fingerprint density at radius 2 is 0.824 bits per heavy atom. The average molecular weight is 519 g/mol. The van der Waals surface area contributed by atoms with Gasteiger partial charge in [0.1, 0.15) is 0 Å². The maximum atomic E-state index is 5.89. The highest BCUT2D eigenvalue weighted by atomic mass is 28.4. The van der Waals surface area contributed by atoms with Crippen LogP contribution in [0, 0.1) is 22.7 Å². The van der Waals surface area contributed by atoms with Crippen LogP contribution in [0.5, 0.6) is 0 Å². The lowest BCUT2D eigenvalue weighted by Gasteiger charge is -2.47. The smallest absolute Gasteiger partial charge is 0.246 e. The van der Waals surface area contributed by atoms with Crippen LogP contribution >= 0.6 is 0 Å². The second-order valence-electron chi connectivity index (χ2n) is 13.5. The molecule has 0 bridgehead atoms. The zero-order chi connectivity index (χ0) is 24.9. The van der Waals surface area contributed by atoms with E-state index < -0.39 is 28.7 Å². The summed E-state index contributed by atoms with van der Waals surface area (Å²) in [4.78, 5) is 23.5. The lowest BCUT2D eigenvalue weighted by Crippen LogP contribution is -2.57. The standard InChI is InChI=1S/C24H46O8Si2/c1-21(2,3)19-9-13-23(14-10-19)25-29-33(7,30-26-23)17-18-34(8)31-27-24(28-32-34)15-11-20(12-16-24)22(4,5)6/h19-20H,9-18H2,1-8H3. The van der Waals surface area contributed by atoms with Crippen LogP contribution in [0.15, 0.2) is 0 Å². The third-order valence-electron chi connectivity index (χ3n) is 8.46. The summed E-state index contributed by atoms with van der Waals surface area (Å²) in [5.74, 6) is -0.265. The number of hydrogen-bond donors (Lipinski definition) is 0. The topological polar surface area (TPSA) is 73.8 Å². The number of rotatable bonds is 3. The molecule has 0 amide bonds. The van der Waals surface area contributed by atoms with E-state index in [9.17, 15) is 0 Å². The van der Waals surface area contributed by atoms with Crippen molar-refractivity contribution < 1.29 is 37.9 Å². The van der Waals surface area contributed by atoms with E-state index >= 15 is 0 Å². The van der Waals surface area contributed by atoms with Crippen molar-refractivity contribution in [3.8, 4) is 0 Å². The SMILES string of the molecule is CC(C)(C)C1CCC2(CC1)OO[Si](C)(CC[Si]1(C)OOC3(CCC(C(C)(C)C)CC3)OO1)OO2. The molecule has 34 heavy (non-hydrogen) atoms. The van der Waals surface area contributed by atoms with Crippen LogP contribution in [-0.4, -0.2) is 28.7 Å². The molecule has 4 aliphatic rings. The van der Waals surface area contributed by atoms with E-state index in [1.165, 1.54) is 0 Å². The van der Waals surface area contributed by atoms with Crippen molar-refractivity contribution in [1.82, 2.24) is 0 Å². The van der Waals surface area contributed by atoms with Gasteiger partial charge in [0.2, 0.25) is 11.6 Å². The monoisotopic (exact) mass is 518 g/mol. The van der Waals surface area contributed by atoms with E-state index in [1.54, 1.807) is 0 Å². The Morgan fingerprint density at radius 3 is 1.06 bits per heavy atom. The van der Waals surface area contributed by atoms with Crippen molar-refractivity contribution in [3.63, 3.8) is 0 Å². The third-order valence-corrected chi connectivity index (χ3v) is 13.0.